The smallest absolute Gasteiger partial charge is 0.387 e. The first-order chi connectivity index (χ1) is 12.4. The van der Waals surface area contributed by atoms with E-state index in [1.807, 2.05) is 4.90 Å². The Bertz CT molecular complexity index is 661. The lowest BCUT2D eigenvalue weighted by atomic mass is 9.95. The molecule has 0 bridgehead atoms. The highest BCUT2D eigenvalue weighted by Gasteiger charge is 2.24. The number of hydrogen-bond donors (Lipinski definition) is 2. The number of likely N-dealkylation sites (tertiary alicyclic amines) is 1. The summed E-state index contributed by atoms with van der Waals surface area (Å²) in [7, 11) is 1.58. The van der Waals surface area contributed by atoms with Gasteiger partial charge in [-0.15, -0.1) is 24.0 Å². The number of nitrogens with one attached hydrogen (secondary N) is 1. The van der Waals surface area contributed by atoms with Crippen LogP contribution in [-0.4, -0.2) is 43.5 Å². The van der Waals surface area contributed by atoms with E-state index in [0.717, 1.165) is 19.4 Å². The molecule has 152 valence electrons. The number of primary amides is 1. The number of alkyl halides is 2. The number of carbonyl (C=O) groups is 1. The Morgan fingerprint density at radius 1 is 1.48 bits per heavy atom. The fourth-order valence-corrected chi connectivity index (χ4v) is 3.13. The predicted molar refractivity (Wildman–Crippen MR) is 107 cm³/mol. The van der Waals surface area contributed by atoms with Crippen molar-refractivity contribution in [1.29, 1.82) is 0 Å². The zero-order valence-corrected chi connectivity index (χ0v) is 17.3. The van der Waals surface area contributed by atoms with Crippen molar-refractivity contribution in [2.24, 2.45) is 16.6 Å². The summed E-state index contributed by atoms with van der Waals surface area (Å²) in [4.78, 5) is 17.2. The Morgan fingerprint density at radius 3 is 2.85 bits per heavy atom. The van der Waals surface area contributed by atoms with Crippen LogP contribution in [0.4, 0.5) is 13.2 Å². The van der Waals surface area contributed by atoms with E-state index in [4.69, 9.17) is 5.73 Å². The van der Waals surface area contributed by atoms with E-state index >= 15 is 0 Å². The number of guanidine groups is 1. The molecule has 3 N–H and O–H groups in total. The van der Waals surface area contributed by atoms with Gasteiger partial charge in [0.05, 0.1) is 0 Å². The van der Waals surface area contributed by atoms with Crippen LogP contribution in [0.15, 0.2) is 23.2 Å². The number of rotatable bonds is 6. The van der Waals surface area contributed by atoms with Crippen LogP contribution in [0, 0.1) is 11.7 Å². The van der Waals surface area contributed by atoms with Crippen molar-refractivity contribution in [2.75, 3.05) is 20.1 Å². The van der Waals surface area contributed by atoms with Gasteiger partial charge in [0, 0.05) is 38.7 Å². The van der Waals surface area contributed by atoms with Gasteiger partial charge in [0.2, 0.25) is 5.91 Å². The van der Waals surface area contributed by atoms with Crippen molar-refractivity contribution < 1.29 is 22.7 Å². The van der Waals surface area contributed by atoms with Gasteiger partial charge in [-0.25, -0.2) is 4.39 Å². The van der Waals surface area contributed by atoms with E-state index in [2.05, 4.69) is 15.0 Å². The maximum Gasteiger partial charge on any atom is 0.387 e. The molecule has 6 nitrogen and oxygen atoms in total. The van der Waals surface area contributed by atoms with Gasteiger partial charge in [0.25, 0.3) is 0 Å². The molecular formula is C17H24F3IN4O2. The minimum atomic E-state index is -3.04. The van der Waals surface area contributed by atoms with Gasteiger partial charge in [-0.2, -0.15) is 8.78 Å². The highest BCUT2D eigenvalue weighted by molar-refractivity contribution is 14.0. The van der Waals surface area contributed by atoms with Crippen molar-refractivity contribution in [2.45, 2.75) is 32.4 Å². The predicted octanol–water partition coefficient (Wildman–Crippen LogP) is 2.71. The molecule has 0 spiro atoms. The molecule has 0 saturated carbocycles. The van der Waals surface area contributed by atoms with Crippen LogP contribution in [0.25, 0.3) is 0 Å². The second-order valence-corrected chi connectivity index (χ2v) is 6.12. The van der Waals surface area contributed by atoms with Gasteiger partial charge in [-0.1, -0.05) is 6.07 Å². The van der Waals surface area contributed by atoms with Gasteiger partial charge in [-0.3, -0.25) is 9.79 Å². The Kier molecular flexibility index (Phi) is 9.67. The van der Waals surface area contributed by atoms with Crippen molar-refractivity contribution in [1.82, 2.24) is 10.2 Å². The number of amides is 1. The molecule has 1 saturated heterocycles. The number of nitrogens with zero attached hydrogens (tertiary/aromatic N) is 2. The van der Waals surface area contributed by atoms with E-state index in [0.29, 0.717) is 18.9 Å². The molecule has 0 aromatic heterocycles. The third-order valence-electron chi connectivity index (χ3n) is 4.24. The lowest BCUT2D eigenvalue weighted by molar-refractivity contribution is -0.119. The number of carbonyl (C=O) groups excluding carboxylic acids is 1. The third kappa shape index (κ3) is 7.07. The van der Waals surface area contributed by atoms with Crippen molar-refractivity contribution >= 4 is 35.8 Å². The molecule has 1 unspecified atom stereocenters. The van der Waals surface area contributed by atoms with Crippen molar-refractivity contribution in [3.8, 4) is 5.75 Å². The molecule has 1 amide bonds. The molecule has 1 heterocycles. The summed E-state index contributed by atoms with van der Waals surface area (Å²) in [6.07, 6.45) is 2.07. The first kappa shape index (κ1) is 23.3. The second-order valence-electron chi connectivity index (χ2n) is 6.12. The zero-order chi connectivity index (χ0) is 19.1. The molecule has 0 aliphatic carbocycles. The average molecular weight is 500 g/mol. The van der Waals surface area contributed by atoms with Gasteiger partial charge in [-0.05, 0) is 30.9 Å². The van der Waals surface area contributed by atoms with Gasteiger partial charge in [0.15, 0.2) is 5.96 Å². The van der Waals surface area contributed by atoms with Gasteiger partial charge in [0.1, 0.15) is 11.6 Å². The molecule has 1 aliphatic rings. The van der Waals surface area contributed by atoms with Crippen molar-refractivity contribution in [3.05, 3.63) is 29.6 Å². The lowest BCUT2D eigenvalue weighted by Crippen LogP contribution is -2.47. The van der Waals surface area contributed by atoms with Crippen LogP contribution in [0.5, 0.6) is 5.75 Å². The zero-order valence-electron chi connectivity index (χ0n) is 15.0. The van der Waals surface area contributed by atoms with Crippen LogP contribution < -0.4 is 15.8 Å². The molecule has 27 heavy (non-hydrogen) atoms. The minimum Gasteiger partial charge on any atom is -0.434 e. The fraction of sp³-hybridized carbons (Fsp3) is 0.529. The molecule has 0 radical (unpaired) electrons. The van der Waals surface area contributed by atoms with Crippen molar-refractivity contribution in [3.63, 3.8) is 0 Å². The summed E-state index contributed by atoms with van der Waals surface area (Å²) < 4.78 is 43.4. The number of hydrogen-bond acceptors (Lipinski definition) is 3. The SMILES string of the molecule is CN=C(NCc1c(F)cccc1OC(F)F)N1CCCC(CC(N)=O)C1.I. The van der Waals surface area contributed by atoms with E-state index in [1.165, 1.54) is 18.2 Å². The Morgan fingerprint density at radius 2 is 2.22 bits per heavy atom. The van der Waals surface area contributed by atoms with E-state index in [9.17, 15) is 18.0 Å². The van der Waals surface area contributed by atoms with Gasteiger partial charge < -0.3 is 20.7 Å². The fourth-order valence-electron chi connectivity index (χ4n) is 3.13. The monoisotopic (exact) mass is 500 g/mol. The highest BCUT2D eigenvalue weighted by Crippen LogP contribution is 2.24. The summed E-state index contributed by atoms with van der Waals surface area (Å²) in [5, 5.41) is 2.98. The molecule has 1 fully saturated rings. The van der Waals surface area contributed by atoms with E-state index in [-0.39, 0.29) is 53.7 Å². The van der Waals surface area contributed by atoms with E-state index in [1.54, 1.807) is 7.05 Å². The number of piperidine rings is 1. The van der Waals surface area contributed by atoms with Crippen LogP contribution in [0.1, 0.15) is 24.8 Å². The average Bonchev–Trinajstić information content (AvgIpc) is 2.57. The summed E-state index contributed by atoms with van der Waals surface area (Å²) >= 11 is 0. The first-order valence-electron chi connectivity index (χ1n) is 8.36. The normalized spacial score (nSPS) is 17.4. The number of ether oxygens (including phenoxy) is 1. The maximum absolute atomic E-state index is 14.0. The number of benzene rings is 1. The molecule has 10 heteroatoms. The number of aliphatic imine (C=N–C) groups is 1. The van der Waals surface area contributed by atoms with E-state index < -0.39 is 12.4 Å². The molecule has 1 atom stereocenters. The molecule has 1 aromatic carbocycles. The summed E-state index contributed by atoms with van der Waals surface area (Å²) in [5.41, 5.74) is 5.26. The standard InChI is InChI=1S/C17H23F3N4O2.HI/c1-22-17(24-7-3-4-11(10-24)8-15(21)25)23-9-12-13(18)5-2-6-14(12)26-16(19)20;/h2,5-6,11,16H,3-4,7-10H2,1H3,(H2,21,25)(H,22,23);1H. The minimum absolute atomic E-state index is 0. The number of halogens is 4. The first-order valence-corrected chi connectivity index (χ1v) is 8.36. The molecule has 2 rings (SSSR count). The Labute approximate surface area is 173 Å². The van der Waals surface area contributed by atoms with Crippen LogP contribution in [-0.2, 0) is 11.3 Å². The molecule has 1 aliphatic heterocycles. The number of nitrogens with two attached hydrogens (primary N) is 1. The summed E-state index contributed by atoms with van der Waals surface area (Å²) in [6, 6.07) is 3.78. The maximum atomic E-state index is 14.0. The third-order valence-corrected chi connectivity index (χ3v) is 4.24. The largest absolute Gasteiger partial charge is 0.434 e. The van der Waals surface area contributed by atoms with Gasteiger partial charge >= 0.3 is 6.61 Å². The summed E-state index contributed by atoms with van der Waals surface area (Å²) in [6.45, 7) is -1.77. The highest BCUT2D eigenvalue weighted by atomic mass is 127. The van der Waals surface area contributed by atoms with Crippen LogP contribution in [0.3, 0.4) is 0 Å². The molecular weight excluding hydrogens is 476 g/mol. The van der Waals surface area contributed by atoms with Crippen LogP contribution >= 0.6 is 24.0 Å². The molecule has 1 aromatic rings. The van der Waals surface area contributed by atoms with Crippen LogP contribution in [0.2, 0.25) is 0 Å². The lowest BCUT2D eigenvalue weighted by Gasteiger charge is -2.34. The quantitative estimate of drug-likeness (QED) is 0.358. The Balaban J connectivity index is 0.00000364. The topological polar surface area (TPSA) is 80.0 Å². The Hall–Kier alpha value is -1.72. The summed E-state index contributed by atoms with van der Waals surface area (Å²) in [5.74, 6) is -0.569. The second kappa shape index (κ2) is 11.2.